The van der Waals surface area contributed by atoms with Crippen LogP contribution in [0.25, 0.3) is 11.4 Å². The van der Waals surface area contributed by atoms with Crippen molar-refractivity contribution in [3.05, 3.63) is 41.7 Å². The normalized spacial score (nSPS) is 20.8. The average Bonchev–Trinajstić information content (AvgIpc) is 2.83. The summed E-state index contributed by atoms with van der Waals surface area (Å²) in [5, 5.41) is 0. The maximum atomic E-state index is 13.2. The van der Waals surface area contributed by atoms with Gasteiger partial charge in [-0.3, -0.25) is 4.79 Å². The van der Waals surface area contributed by atoms with E-state index in [0.29, 0.717) is 25.5 Å². The maximum absolute atomic E-state index is 13.2. The van der Waals surface area contributed by atoms with Crippen LogP contribution < -0.4 is 0 Å². The molecule has 132 valence electrons. The molecule has 1 atom stereocenters. The Balaban J connectivity index is 1.77. The van der Waals surface area contributed by atoms with Crippen LogP contribution in [0, 0.1) is 0 Å². The van der Waals surface area contributed by atoms with E-state index in [1.165, 1.54) is 6.42 Å². The van der Waals surface area contributed by atoms with Gasteiger partial charge in [-0.25, -0.2) is 4.98 Å². The number of fused-ring (bicyclic) bond motifs is 1. The summed E-state index contributed by atoms with van der Waals surface area (Å²) in [4.78, 5) is 20.0. The zero-order valence-corrected chi connectivity index (χ0v) is 14.8. The first-order valence-electron chi connectivity index (χ1n) is 9.29. The van der Waals surface area contributed by atoms with E-state index in [1.54, 1.807) is 0 Å². The Morgan fingerprint density at radius 1 is 1.16 bits per heavy atom. The molecule has 1 saturated heterocycles. The largest absolute Gasteiger partial charge is 0.377 e. The molecule has 0 aliphatic carbocycles. The SMILES string of the molecule is C[C@@H]1COCCN1C(=O)c1nc(-c2ccccc2)n2c1CCCCC2. The van der Waals surface area contributed by atoms with Crippen LogP contribution >= 0.6 is 0 Å². The highest BCUT2D eigenvalue weighted by molar-refractivity contribution is 5.94. The summed E-state index contributed by atoms with van der Waals surface area (Å²) in [6, 6.07) is 10.3. The molecule has 0 saturated carbocycles. The van der Waals surface area contributed by atoms with Crippen LogP contribution in [0.5, 0.6) is 0 Å². The lowest BCUT2D eigenvalue weighted by atomic mass is 10.1. The monoisotopic (exact) mass is 339 g/mol. The molecule has 3 heterocycles. The first-order chi connectivity index (χ1) is 12.3. The van der Waals surface area contributed by atoms with Crippen LogP contribution in [0.15, 0.2) is 30.3 Å². The summed E-state index contributed by atoms with van der Waals surface area (Å²) >= 11 is 0. The summed E-state index contributed by atoms with van der Waals surface area (Å²) in [5.74, 6) is 0.991. The minimum atomic E-state index is 0.0589. The van der Waals surface area contributed by atoms with E-state index in [4.69, 9.17) is 9.72 Å². The van der Waals surface area contributed by atoms with Crippen LogP contribution in [0.3, 0.4) is 0 Å². The molecule has 2 aliphatic rings. The second-order valence-corrected chi connectivity index (χ2v) is 6.98. The summed E-state index contributed by atoms with van der Waals surface area (Å²) in [7, 11) is 0. The Labute approximate surface area is 148 Å². The van der Waals surface area contributed by atoms with Gasteiger partial charge in [0.25, 0.3) is 5.91 Å². The zero-order chi connectivity index (χ0) is 17.2. The van der Waals surface area contributed by atoms with Crippen LogP contribution in [-0.4, -0.2) is 46.2 Å². The molecule has 2 aromatic rings. The van der Waals surface area contributed by atoms with E-state index < -0.39 is 0 Å². The summed E-state index contributed by atoms with van der Waals surface area (Å²) in [6.45, 7) is 4.85. The molecule has 5 nitrogen and oxygen atoms in total. The van der Waals surface area contributed by atoms with E-state index in [9.17, 15) is 4.79 Å². The lowest BCUT2D eigenvalue weighted by molar-refractivity contribution is 0.00323. The van der Waals surface area contributed by atoms with Crippen LogP contribution in [-0.2, 0) is 17.7 Å². The van der Waals surface area contributed by atoms with Gasteiger partial charge in [0, 0.05) is 18.7 Å². The standard InChI is InChI=1S/C20H25N3O2/c1-15-14-25-13-12-22(15)20(24)18-17-10-6-3-7-11-23(17)19(21-18)16-8-4-2-5-9-16/h2,4-5,8-9,15H,3,6-7,10-14H2,1H3/t15-/m1/s1. The molecule has 4 rings (SSSR count). The van der Waals surface area contributed by atoms with Crippen molar-refractivity contribution in [1.82, 2.24) is 14.5 Å². The second-order valence-electron chi connectivity index (χ2n) is 6.98. The number of aromatic nitrogens is 2. The maximum Gasteiger partial charge on any atom is 0.274 e. The van der Waals surface area contributed by atoms with Gasteiger partial charge < -0.3 is 14.2 Å². The van der Waals surface area contributed by atoms with E-state index in [2.05, 4.69) is 16.7 Å². The quantitative estimate of drug-likeness (QED) is 0.844. The number of hydrogen-bond donors (Lipinski definition) is 0. The number of carbonyl (C=O) groups is 1. The third kappa shape index (κ3) is 3.09. The minimum Gasteiger partial charge on any atom is -0.377 e. The van der Waals surface area contributed by atoms with Gasteiger partial charge in [-0.15, -0.1) is 0 Å². The molecule has 0 radical (unpaired) electrons. The first kappa shape index (κ1) is 16.3. The number of morpholine rings is 1. The lowest BCUT2D eigenvalue weighted by Gasteiger charge is -2.33. The van der Waals surface area contributed by atoms with Gasteiger partial charge >= 0.3 is 0 Å². The van der Waals surface area contributed by atoms with Crippen molar-refractivity contribution in [2.75, 3.05) is 19.8 Å². The molecule has 0 unspecified atom stereocenters. The van der Waals surface area contributed by atoms with Crippen molar-refractivity contribution in [2.45, 2.75) is 45.2 Å². The molecule has 25 heavy (non-hydrogen) atoms. The van der Waals surface area contributed by atoms with Gasteiger partial charge in [-0.05, 0) is 26.2 Å². The number of nitrogens with zero attached hydrogens (tertiary/aromatic N) is 3. The summed E-state index contributed by atoms with van der Waals surface area (Å²) in [5.41, 5.74) is 2.84. The van der Waals surface area contributed by atoms with Crippen molar-refractivity contribution in [2.24, 2.45) is 0 Å². The van der Waals surface area contributed by atoms with Crippen LogP contribution in [0.4, 0.5) is 0 Å². The molecule has 0 N–H and O–H groups in total. The van der Waals surface area contributed by atoms with Gasteiger partial charge in [0.1, 0.15) is 11.5 Å². The topological polar surface area (TPSA) is 47.4 Å². The third-order valence-electron chi connectivity index (χ3n) is 5.23. The highest BCUT2D eigenvalue weighted by atomic mass is 16.5. The van der Waals surface area contributed by atoms with E-state index >= 15 is 0 Å². The number of amides is 1. The Morgan fingerprint density at radius 3 is 2.80 bits per heavy atom. The van der Waals surface area contributed by atoms with Crippen molar-refractivity contribution in [3.63, 3.8) is 0 Å². The second kappa shape index (κ2) is 7.00. The highest BCUT2D eigenvalue weighted by Gasteiger charge is 2.31. The fourth-order valence-electron chi connectivity index (χ4n) is 3.86. The van der Waals surface area contributed by atoms with Crippen LogP contribution in [0.1, 0.15) is 42.4 Å². The third-order valence-corrected chi connectivity index (χ3v) is 5.23. The molecular formula is C20H25N3O2. The fourth-order valence-corrected chi connectivity index (χ4v) is 3.86. The van der Waals surface area contributed by atoms with Gasteiger partial charge in [0.15, 0.2) is 0 Å². The van der Waals surface area contributed by atoms with E-state index in [-0.39, 0.29) is 11.9 Å². The smallest absolute Gasteiger partial charge is 0.274 e. The molecule has 2 aliphatic heterocycles. The highest BCUT2D eigenvalue weighted by Crippen LogP contribution is 2.28. The Kier molecular flexibility index (Phi) is 4.57. The average molecular weight is 339 g/mol. The predicted molar refractivity (Wildman–Crippen MR) is 96.5 cm³/mol. The van der Waals surface area contributed by atoms with Crippen LogP contribution in [0.2, 0.25) is 0 Å². The molecule has 0 bridgehead atoms. The van der Waals surface area contributed by atoms with E-state index in [1.807, 2.05) is 30.0 Å². The molecule has 1 amide bonds. The number of rotatable bonds is 2. The summed E-state index contributed by atoms with van der Waals surface area (Å²) in [6.07, 6.45) is 4.40. The first-order valence-corrected chi connectivity index (χ1v) is 9.29. The van der Waals surface area contributed by atoms with Gasteiger partial charge in [0.05, 0.1) is 24.9 Å². The fraction of sp³-hybridized carbons (Fsp3) is 0.500. The minimum absolute atomic E-state index is 0.0589. The Morgan fingerprint density at radius 2 is 2.00 bits per heavy atom. The van der Waals surface area contributed by atoms with Crippen molar-refractivity contribution >= 4 is 5.91 Å². The number of imidazole rings is 1. The number of hydrogen-bond acceptors (Lipinski definition) is 3. The van der Waals surface area contributed by atoms with Crippen molar-refractivity contribution < 1.29 is 9.53 Å². The molecule has 5 heteroatoms. The number of benzene rings is 1. The molecule has 0 spiro atoms. The van der Waals surface area contributed by atoms with Gasteiger partial charge in [0.2, 0.25) is 0 Å². The molecule has 1 aromatic heterocycles. The molecule has 1 aromatic carbocycles. The van der Waals surface area contributed by atoms with Gasteiger partial charge in [-0.1, -0.05) is 36.8 Å². The Hall–Kier alpha value is -2.14. The molecule has 1 fully saturated rings. The zero-order valence-electron chi connectivity index (χ0n) is 14.8. The number of ether oxygens (including phenoxy) is 1. The Bertz CT molecular complexity index is 754. The summed E-state index contributed by atoms with van der Waals surface area (Å²) < 4.78 is 7.76. The lowest BCUT2D eigenvalue weighted by Crippen LogP contribution is -2.47. The van der Waals surface area contributed by atoms with Crippen molar-refractivity contribution in [3.8, 4) is 11.4 Å². The number of carbonyl (C=O) groups excluding carboxylic acids is 1. The molecular weight excluding hydrogens is 314 g/mol. The van der Waals surface area contributed by atoms with Gasteiger partial charge in [-0.2, -0.15) is 0 Å². The predicted octanol–water partition coefficient (Wildman–Crippen LogP) is 3.14. The van der Waals surface area contributed by atoms with E-state index in [0.717, 1.165) is 42.9 Å². The van der Waals surface area contributed by atoms with Crippen molar-refractivity contribution in [1.29, 1.82) is 0 Å².